The molecule has 0 atom stereocenters. The van der Waals surface area contributed by atoms with E-state index in [1.54, 1.807) is 28.2 Å². The van der Waals surface area contributed by atoms with Gasteiger partial charge in [0.25, 0.3) is 5.91 Å². The molecule has 162 valence electrons. The van der Waals surface area contributed by atoms with Crippen LogP contribution in [0.2, 0.25) is 0 Å². The van der Waals surface area contributed by atoms with Crippen LogP contribution < -0.4 is 10.2 Å². The first-order valence-corrected chi connectivity index (χ1v) is 10.5. The van der Waals surface area contributed by atoms with Crippen LogP contribution in [-0.4, -0.2) is 69.2 Å². The predicted molar refractivity (Wildman–Crippen MR) is 121 cm³/mol. The summed E-state index contributed by atoms with van der Waals surface area (Å²) in [6.45, 7) is 2.43. The van der Waals surface area contributed by atoms with E-state index in [4.69, 9.17) is 0 Å². The van der Waals surface area contributed by atoms with E-state index in [1.165, 1.54) is 0 Å². The first-order valence-electron chi connectivity index (χ1n) is 10.5. The molecule has 0 saturated carbocycles. The van der Waals surface area contributed by atoms with E-state index >= 15 is 0 Å². The third-order valence-electron chi connectivity index (χ3n) is 5.85. The van der Waals surface area contributed by atoms with Gasteiger partial charge in [0.2, 0.25) is 5.91 Å². The number of amides is 2. The van der Waals surface area contributed by atoms with Gasteiger partial charge in [-0.25, -0.2) is 9.97 Å². The number of nitrogens with zero attached hydrogens (tertiary/aromatic N) is 6. The number of anilines is 1. The molecule has 1 fully saturated rings. The molecule has 0 radical (unpaired) electrons. The number of benzene rings is 2. The number of rotatable bonds is 4. The number of fused-ring (bicyclic) bond motifs is 2. The molecule has 3 heterocycles. The van der Waals surface area contributed by atoms with Gasteiger partial charge in [-0.2, -0.15) is 5.10 Å². The molecule has 5 rings (SSSR count). The summed E-state index contributed by atoms with van der Waals surface area (Å²) in [7, 11) is 1.85. The molecule has 9 nitrogen and oxygen atoms in total. The van der Waals surface area contributed by atoms with E-state index in [0.717, 1.165) is 27.6 Å². The Hall–Kier alpha value is -4.01. The molecule has 4 aromatic rings. The largest absolute Gasteiger partial charge is 0.352 e. The third kappa shape index (κ3) is 3.73. The fourth-order valence-electron chi connectivity index (χ4n) is 4.07. The van der Waals surface area contributed by atoms with Crippen molar-refractivity contribution >= 4 is 39.4 Å². The molecule has 32 heavy (non-hydrogen) atoms. The highest BCUT2D eigenvalue weighted by Gasteiger charge is 2.24. The Morgan fingerprint density at radius 2 is 1.78 bits per heavy atom. The normalized spacial score (nSPS) is 14.2. The van der Waals surface area contributed by atoms with Crippen molar-refractivity contribution in [2.45, 2.75) is 0 Å². The summed E-state index contributed by atoms with van der Waals surface area (Å²) in [4.78, 5) is 37.8. The van der Waals surface area contributed by atoms with Gasteiger partial charge in [0.05, 0.1) is 18.1 Å². The van der Waals surface area contributed by atoms with Crippen LogP contribution in [-0.2, 0) is 11.8 Å². The molecule has 1 aliphatic rings. The highest BCUT2D eigenvalue weighted by molar-refractivity contribution is 6.00. The molecule has 2 amide bonds. The Morgan fingerprint density at radius 3 is 2.59 bits per heavy atom. The minimum Gasteiger partial charge on any atom is -0.352 e. The van der Waals surface area contributed by atoms with Crippen LogP contribution in [0.25, 0.3) is 21.8 Å². The van der Waals surface area contributed by atoms with Crippen LogP contribution in [0.1, 0.15) is 10.4 Å². The molecule has 0 aliphatic carbocycles. The number of carbonyl (C=O) groups excluding carboxylic acids is 2. The van der Waals surface area contributed by atoms with Crippen LogP contribution >= 0.6 is 0 Å². The van der Waals surface area contributed by atoms with Crippen LogP contribution in [0, 0.1) is 0 Å². The van der Waals surface area contributed by atoms with Crippen LogP contribution in [0.5, 0.6) is 0 Å². The monoisotopic (exact) mass is 429 g/mol. The number of hydrogen-bond donors (Lipinski definition) is 1. The minimum absolute atomic E-state index is 0.0218. The van der Waals surface area contributed by atoms with Gasteiger partial charge in [-0.15, -0.1) is 0 Å². The molecule has 0 unspecified atom stereocenters. The maximum atomic E-state index is 12.7. The van der Waals surface area contributed by atoms with Gasteiger partial charge in [0, 0.05) is 38.8 Å². The molecule has 1 saturated heterocycles. The zero-order valence-electron chi connectivity index (χ0n) is 17.7. The van der Waals surface area contributed by atoms with Crippen molar-refractivity contribution in [3.05, 3.63) is 60.6 Å². The second-order valence-electron chi connectivity index (χ2n) is 7.82. The van der Waals surface area contributed by atoms with Crippen LogP contribution in [0.4, 0.5) is 5.82 Å². The number of piperazine rings is 1. The lowest BCUT2D eigenvalue weighted by molar-refractivity contribution is -0.130. The van der Waals surface area contributed by atoms with Crippen molar-refractivity contribution in [3.63, 3.8) is 0 Å². The standard InChI is InChI=1S/C23H23N7O2/c1-28-21-19(13-27-28)22(26-15-25-21)30-10-8-29(9-11-30)20(31)14-24-23(32)18-7-6-16-4-2-3-5-17(16)12-18/h2-7,12-13,15H,8-11,14H2,1H3,(H,24,32). The number of aryl methyl sites for hydroxylation is 1. The topological polar surface area (TPSA) is 96.2 Å². The predicted octanol–water partition coefficient (Wildman–Crippen LogP) is 1.60. The second-order valence-corrected chi connectivity index (χ2v) is 7.82. The SMILES string of the molecule is Cn1ncc2c(N3CCN(C(=O)CNC(=O)c4ccc5ccccc5c4)CC3)ncnc21. The van der Waals surface area contributed by atoms with E-state index in [1.807, 2.05) is 43.4 Å². The van der Waals surface area contributed by atoms with Crippen molar-refractivity contribution in [3.8, 4) is 0 Å². The number of nitrogens with one attached hydrogen (secondary N) is 1. The van der Waals surface area contributed by atoms with E-state index in [-0.39, 0.29) is 18.4 Å². The highest BCUT2D eigenvalue weighted by atomic mass is 16.2. The Kier molecular flexibility index (Phi) is 5.14. The van der Waals surface area contributed by atoms with Gasteiger partial charge >= 0.3 is 0 Å². The summed E-state index contributed by atoms with van der Waals surface area (Å²) in [5, 5.41) is 9.98. The fraction of sp³-hybridized carbons (Fsp3) is 0.261. The lowest BCUT2D eigenvalue weighted by atomic mass is 10.1. The molecular formula is C23H23N7O2. The molecule has 1 aliphatic heterocycles. The molecule has 2 aromatic heterocycles. The summed E-state index contributed by atoms with van der Waals surface area (Å²) >= 11 is 0. The maximum absolute atomic E-state index is 12.7. The Bertz CT molecular complexity index is 1310. The highest BCUT2D eigenvalue weighted by Crippen LogP contribution is 2.23. The van der Waals surface area contributed by atoms with Gasteiger partial charge in [0.1, 0.15) is 12.1 Å². The number of carbonyl (C=O) groups is 2. The third-order valence-corrected chi connectivity index (χ3v) is 5.85. The first kappa shape index (κ1) is 19.9. The second kappa shape index (κ2) is 8.26. The molecule has 1 N–H and O–H groups in total. The van der Waals surface area contributed by atoms with Crippen molar-refractivity contribution < 1.29 is 9.59 Å². The summed E-state index contributed by atoms with van der Waals surface area (Å²) in [5.41, 5.74) is 1.33. The zero-order chi connectivity index (χ0) is 22.1. The minimum atomic E-state index is -0.248. The van der Waals surface area contributed by atoms with E-state index < -0.39 is 0 Å². The molecule has 9 heteroatoms. The number of aromatic nitrogens is 4. The van der Waals surface area contributed by atoms with Gasteiger partial charge in [0.15, 0.2) is 5.65 Å². The van der Waals surface area contributed by atoms with Crippen molar-refractivity contribution in [1.29, 1.82) is 0 Å². The smallest absolute Gasteiger partial charge is 0.251 e. The Labute approximate surface area is 184 Å². The molecule has 2 aromatic carbocycles. The summed E-state index contributed by atoms with van der Waals surface area (Å²) in [5.74, 6) is 0.496. The van der Waals surface area contributed by atoms with E-state index in [9.17, 15) is 9.59 Å². The summed E-state index contributed by atoms with van der Waals surface area (Å²) in [6, 6.07) is 13.4. The Balaban J connectivity index is 1.18. The van der Waals surface area contributed by atoms with Crippen LogP contribution in [0.15, 0.2) is 55.0 Å². The Morgan fingerprint density at radius 1 is 1.00 bits per heavy atom. The quantitative estimate of drug-likeness (QED) is 0.529. The van der Waals surface area contributed by atoms with E-state index in [2.05, 4.69) is 25.3 Å². The van der Waals surface area contributed by atoms with E-state index in [0.29, 0.717) is 31.7 Å². The number of hydrogen-bond acceptors (Lipinski definition) is 6. The molecule has 0 bridgehead atoms. The van der Waals surface area contributed by atoms with Crippen molar-refractivity contribution in [1.82, 2.24) is 30.0 Å². The molecular weight excluding hydrogens is 406 g/mol. The fourth-order valence-corrected chi connectivity index (χ4v) is 4.07. The first-order chi connectivity index (χ1) is 15.6. The average Bonchev–Trinajstić information content (AvgIpc) is 3.23. The average molecular weight is 429 g/mol. The van der Waals surface area contributed by atoms with Gasteiger partial charge in [-0.3, -0.25) is 14.3 Å². The zero-order valence-corrected chi connectivity index (χ0v) is 17.7. The lowest BCUT2D eigenvalue weighted by Crippen LogP contribution is -2.51. The van der Waals surface area contributed by atoms with Gasteiger partial charge in [-0.1, -0.05) is 30.3 Å². The van der Waals surface area contributed by atoms with Crippen molar-refractivity contribution in [2.24, 2.45) is 7.05 Å². The summed E-state index contributed by atoms with van der Waals surface area (Å²) in [6.07, 6.45) is 3.31. The summed E-state index contributed by atoms with van der Waals surface area (Å²) < 4.78 is 1.72. The van der Waals surface area contributed by atoms with Gasteiger partial charge in [-0.05, 0) is 22.9 Å². The van der Waals surface area contributed by atoms with Crippen LogP contribution in [0.3, 0.4) is 0 Å². The maximum Gasteiger partial charge on any atom is 0.251 e. The van der Waals surface area contributed by atoms with Crippen molar-refractivity contribution in [2.75, 3.05) is 37.6 Å². The van der Waals surface area contributed by atoms with Gasteiger partial charge < -0.3 is 15.1 Å². The molecule has 0 spiro atoms. The lowest BCUT2D eigenvalue weighted by Gasteiger charge is -2.35.